The van der Waals surface area contributed by atoms with Gasteiger partial charge in [-0.2, -0.15) is 0 Å². The lowest BCUT2D eigenvalue weighted by molar-refractivity contribution is -0.143. The number of hydrogen-bond donors (Lipinski definition) is 2. The van der Waals surface area contributed by atoms with Crippen molar-refractivity contribution in [3.05, 3.63) is 46.5 Å². The fourth-order valence-electron chi connectivity index (χ4n) is 5.18. The summed E-state index contributed by atoms with van der Waals surface area (Å²) >= 11 is 0. The predicted molar refractivity (Wildman–Crippen MR) is 153 cm³/mol. The van der Waals surface area contributed by atoms with E-state index in [0.29, 0.717) is 62.7 Å². The molecule has 1 unspecified atom stereocenters. The molecule has 0 saturated heterocycles. The first-order valence-corrected chi connectivity index (χ1v) is 14.7. The Kier molecular flexibility index (Phi) is 10.6. The van der Waals surface area contributed by atoms with Crippen molar-refractivity contribution in [3.63, 3.8) is 0 Å². The van der Waals surface area contributed by atoms with Crippen LogP contribution in [-0.2, 0) is 28.8 Å². The van der Waals surface area contributed by atoms with Crippen LogP contribution in [-0.4, -0.2) is 50.0 Å². The molecule has 1 amide bonds. The second-order valence-corrected chi connectivity index (χ2v) is 10.6. The van der Waals surface area contributed by atoms with Gasteiger partial charge in [-0.25, -0.2) is 0 Å². The molecule has 2 aliphatic rings. The van der Waals surface area contributed by atoms with E-state index in [1.165, 1.54) is 5.56 Å². The number of rotatable bonds is 15. The van der Waals surface area contributed by atoms with Gasteiger partial charge >= 0.3 is 5.97 Å². The Morgan fingerprint density at radius 3 is 2.42 bits per heavy atom. The van der Waals surface area contributed by atoms with Gasteiger partial charge in [0.25, 0.3) is 5.91 Å². The number of phenolic OH excluding ortho intramolecular Hbond substituents is 1. The Balaban J connectivity index is 1.35. The van der Waals surface area contributed by atoms with Gasteiger partial charge in [-0.15, -0.1) is 0 Å². The zero-order valence-electron chi connectivity index (χ0n) is 24.1. The molecular weight excluding hydrogens is 510 g/mol. The topological polar surface area (TPSA) is 103 Å². The smallest absolute Gasteiger partial charge is 0.305 e. The number of carbonyl (C=O) groups excluding carboxylic acids is 2. The Labute approximate surface area is 237 Å². The molecular formula is C32H43NO7. The first kappa shape index (κ1) is 29.6. The number of fused-ring (bicyclic) bond motifs is 1. The molecule has 4 rings (SSSR count). The fourth-order valence-corrected chi connectivity index (χ4v) is 5.18. The minimum atomic E-state index is -0.309. The normalized spacial score (nSPS) is 16.0. The largest absolute Gasteiger partial charge is 0.507 e. The lowest BCUT2D eigenvalue weighted by Crippen LogP contribution is -2.25. The number of benzene rings is 2. The summed E-state index contributed by atoms with van der Waals surface area (Å²) in [4.78, 5) is 24.0. The third kappa shape index (κ3) is 7.61. The number of ether oxygens (including phenoxy) is 4. The number of amides is 1. The third-order valence-corrected chi connectivity index (χ3v) is 7.50. The number of phenols is 1. The molecule has 1 aliphatic heterocycles. The molecule has 40 heavy (non-hydrogen) atoms. The Morgan fingerprint density at radius 1 is 1.02 bits per heavy atom. The lowest BCUT2D eigenvalue weighted by Gasteiger charge is -2.29. The molecule has 2 aromatic carbocycles. The fraction of sp³-hybridized carbons (Fsp3) is 0.562. The molecule has 0 spiro atoms. The molecule has 8 heteroatoms. The number of aryl methyl sites for hydroxylation is 1. The second-order valence-electron chi connectivity index (χ2n) is 10.6. The van der Waals surface area contributed by atoms with Gasteiger partial charge in [-0.05, 0) is 81.5 Å². The first-order chi connectivity index (χ1) is 19.4. The molecule has 1 fully saturated rings. The molecule has 2 N–H and O–H groups in total. The van der Waals surface area contributed by atoms with E-state index in [2.05, 4.69) is 18.3 Å². The van der Waals surface area contributed by atoms with Crippen LogP contribution in [0, 0.1) is 5.92 Å². The molecule has 0 bridgehead atoms. The van der Waals surface area contributed by atoms with Crippen LogP contribution in [0.15, 0.2) is 24.3 Å². The van der Waals surface area contributed by atoms with Crippen LogP contribution >= 0.6 is 0 Å². The van der Waals surface area contributed by atoms with E-state index in [-0.39, 0.29) is 29.3 Å². The van der Waals surface area contributed by atoms with E-state index in [1.807, 2.05) is 13.0 Å². The average Bonchev–Trinajstić information content (AvgIpc) is 3.78. The van der Waals surface area contributed by atoms with Crippen molar-refractivity contribution < 1.29 is 33.6 Å². The second kappa shape index (κ2) is 14.3. The minimum absolute atomic E-state index is 0.00722. The van der Waals surface area contributed by atoms with Crippen LogP contribution in [0.2, 0.25) is 0 Å². The monoisotopic (exact) mass is 553 g/mol. The minimum Gasteiger partial charge on any atom is -0.507 e. The van der Waals surface area contributed by atoms with E-state index < -0.39 is 0 Å². The van der Waals surface area contributed by atoms with Crippen molar-refractivity contribution in [1.82, 2.24) is 5.32 Å². The number of aromatic hydroxyl groups is 1. The quantitative estimate of drug-likeness (QED) is 0.220. The van der Waals surface area contributed by atoms with Crippen LogP contribution in [0.1, 0.15) is 85.8 Å². The number of carbonyl (C=O) groups is 2. The SMILES string of the molecule is CCCc1c(OCCCOc2ccc(C(=O)NC)c(O)c2CC2CC2)ccc2c1OC(CCC(=O)OCC)CC2. The Morgan fingerprint density at radius 2 is 1.75 bits per heavy atom. The lowest BCUT2D eigenvalue weighted by atomic mass is 9.95. The summed E-state index contributed by atoms with van der Waals surface area (Å²) in [6.07, 6.45) is 8.25. The number of hydrogen-bond acceptors (Lipinski definition) is 7. The Bertz CT molecular complexity index is 1170. The van der Waals surface area contributed by atoms with Gasteiger partial charge in [-0.1, -0.05) is 19.4 Å². The van der Waals surface area contributed by atoms with Gasteiger partial charge in [-0.3, -0.25) is 9.59 Å². The molecule has 0 aromatic heterocycles. The molecule has 1 heterocycles. The van der Waals surface area contributed by atoms with Crippen LogP contribution in [0.4, 0.5) is 0 Å². The highest BCUT2D eigenvalue weighted by Crippen LogP contribution is 2.41. The van der Waals surface area contributed by atoms with Crippen molar-refractivity contribution in [2.45, 2.75) is 84.2 Å². The molecule has 1 aliphatic carbocycles. The van der Waals surface area contributed by atoms with Crippen molar-refractivity contribution in [1.29, 1.82) is 0 Å². The summed E-state index contributed by atoms with van der Waals surface area (Å²) in [6.45, 7) is 5.26. The van der Waals surface area contributed by atoms with E-state index >= 15 is 0 Å². The highest BCUT2D eigenvalue weighted by molar-refractivity contribution is 5.97. The number of esters is 1. The van der Waals surface area contributed by atoms with Gasteiger partial charge in [0.05, 0.1) is 31.5 Å². The van der Waals surface area contributed by atoms with Crippen molar-refractivity contribution in [3.8, 4) is 23.0 Å². The molecule has 1 saturated carbocycles. The summed E-state index contributed by atoms with van der Waals surface area (Å²) < 4.78 is 23.8. The van der Waals surface area contributed by atoms with Crippen LogP contribution < -0.4 is 19.5 Å². The first-order valence-electron chi connectivity index (χ1n) is 14.7. The van der Waals surface area contributed by atoms with Gasteiger partial charge in [0.15, 0.2) is 0 Å². The van der Waals surface area contributed by atoms with Crippen LogP contribution in [0.3, 0.4) is 0 Å². The number of nitrogens with one attached hydrogen (secondary N) is 1. The van der Waals surface area contributed by atoms with Crippen LogP contribution in [0.5, 0.6) is 23.0 Å². The molecule has 218 valence electrons. The van der Waals surface area contributed by atoms with Gasteiger partial charge in [0.1, 0.15) is 23.0 Å². The highest BCUT2D eigenvalue weighted by atomic mass is 16.5. The highest BCUT2D eigenvalue weighted by Gasteiger charge is 2.27. The summed E-state index contributed by atoms with van der Waals surface area (Å²) in [5.41, 5.74) is 3.26. The van der Waals surface area contributed by atoms with Crippen molar-refractivity contribution in [2.24, 2.45) is 5.92 Å². The van der Waals surface area contributed by atoms with Gasteiger partial charge < -0.3 is 29.4 Å². The molecule has 0 radical (unpaired) electrons. The van der Waals surface area contributed by atoms with Gasteiger partial charge in [0, 0.05) is 31.0 Å². The summed E-state index contributed by atoms with van der Waals surface area (Å²) in [6, 6.07) is 7.51. The molecule has 1 atom stereocenters. The Hall–Kier alpha value is -3.42. The summed E-state index contributed by atoms with van der Waals surface area (Å²) in [5, 5.41) is 13.4. The summed E-state index contributed by atoms with van der Waals surface area (Å²) in [7, 11) is 1.55. The average molecular weight is 554 g/mol. The van der Waals surface area contributed by atoms with Crippen molar-refractivity contribution >= 4 is 11.9 Å². The maximum Gasteiger partial charge on any atom is 0.305 e. The van der Waals surface area contributed by atoms with Crippen LogP contribution in [0.25, 0.3) is 0 Å². The third-order valence-electron chi connectivity index (χ3n) is 7.50. The standard InChI is InChI=1S/C32H43NO7/c1-4-7-24-27(15-11-22-10-12-23(40-31(22)24)13-17-29(34)37-5-2)38-18-6-19-39-28-16-14-25(32(36)33-3)30(35)26(28)20-21-8-9-21/h11,14-16,21,23,35H,4-10,12-13,17-20H2,1-3H3,(H,33,36). The van der Waals surface area contributed by atoms with E-state index in [0.717, 1.165) is 55.6 Å². The van der Waals surface area contributed by atoms with E-state index in [9.17, 15) is 14.7 Å². The van der Waals surface area contributed by atoms with E-state index in [1.54, 1.807) is 19.2 Å². The zero-order valence-corrected chi connectivity index (χ0v) is 24.1. The summed E-state index contributed by atoms with van der Waals surface area (Å²) in [5.74, 6) is 2.42. The molecule has 2 aromatic rings. The zero-order chi connectivity index (χ0) is 28.5. The molecule has 8 nitrogen and oxygen atoms in total. The van der Waals surface area contributed by atoms with Crippen molar-refractivity contribution in [2.75, 3.05) is 26.9 Å². The predicted octanol–water partition coefficient (Wildman–Crippen LogP) is 5.54. The van der Waals surface area contributed by atoms with Gasteiger partial charge in [0.2, 0.25) is 0 Å². The maximum absolute atomic E-state index is 12.1. The van der Waals surface area contributed by atoms with E-state index in [4.69, 9.17) is 18.9 Å². The maximum atomic E-state index is 12.1.